The summed E-state index contributed by atoms with van der Waals surface area (Å²) >= 11 is 0. The topological polar surface area (TPSA) is 68.3 Å². The number of pyridine rings is 1. The lowest BCUT2D eigenvalue weighted by atomic mass is 10.2. The van der Waals surface area contributed by atoms with E-state index in [1.807, 2.05) is 24.3 Å². The Labute approximate surface area is 137 Å². The number of methoxy groups -OCH3 is 1. The van der Waals surface area contributed by atoms with Crippen molar-refractivity contribution in [3.63, 3.8) is 0 Å². The normalized spacial score (nSPS) is 12.0. The van der Waals surface area contributed by atoms with Gasteiger partial charge in [0.1, 0.15) is 5.75 Å². The van der Waals surface area contributed by atoms with Crippen molar-refractivity contribution in [1.29, 1.82) is 0 Å². The maximum atomic E-state index is 12.3. The van der Waals surface area contributed by atoms with Crippen LogP contribution in [0.3, 0.4) is 0 Å². The van der Waals surface area contributed by atoms with Crippen LogP contribution in [-0.4, -0.2) is 25.3 Å². The molecule has 1 aromatic heterocycles. The average Bonchev–Trinajstić information content (AvgIpc) is 2.53. The van der Waals surface area contributed by atoms with E-state index in [0.717, 1.165) is 17.0 Å². The Hall–Kier alpha value is -2.08. The predicted molar refractivity (Wildman–Crippen MR) is 91.5 cm³/mol. The SMILES string of the molecule is COc1ccc(CNc2ccc(S(=O)(=O)C(C)(C)C)nc2)cc1. The van der Waals surface area contributed by atoms with Gasteiger partial charge in [-0.1, -0.05) is 12.1 Å². The smallest absolute Gasteiger partial charge is 0.200 e. The Morgan fingerprint density at radius 2 is 1.74 bits per heavy atom. The van der Waals surface area contributed by atoms with Gasteiger partial charge >= 0.3 is 0 Å². The van der Waals surface area contributed by atoms with Crippen LogP contribution in [0.5, 0.6) is 5.75 Å². The molecule has 0 saturated heterocycles. The number of ether oxygens (including phenoxy) is 1. The van der Waals surface area contributed by atoms with Crippen LogP contribution < -0.4 is 10.1 Å². The number of anilines is 1. The molecule has 124 valence electrons. The highest BCUT2D eigenvalue weighted by Gasteiger charge is 2.31. The van der Waals surface area contributed by atoms with Gasteiger partial charge < -0.3 is 10.1 Å². The van der Waals surface area contributed by atoms with Gasteiger partial charge in [0.15, 0.2) is 14.9 Å². The van der Waals surface area contributed by atoms with Gasteiger partial charge in [-0.25, -0.2) is 13.4 Å². The van der Waals surface area contributed by atoms with Crippen molar-refractivity contribution in [2.24, 2.45) is 0 Å². The number of hydrogen-bond donors (Lipinski definition) is 1. The van der Waals surface area contributed by atoms with Crippen molar-refractivity contribution in [2.45, 2.75) is 37.1 Å². The summed E-state index contributed by atoms with van der Waals surface area (Å²) < 4.78 is 28.9. The molecule has 0 amide bonds. The molecule has 1 N–H and O–H groups in total. The summed E-state index contributed by atoms with van der Waals surface area (Å²) in [6.45, 7) is 5.62. The van der Waals surface area contributed by atoms with Crippen LogP contribution in [-0.2, 0) is 16.4 Å². The van der Waals surface area contributed by atoms with Crippen molar-refractivity contribution >= 4 is 15.5 Å². The molecule has 0 fully saturated rings. The minimum atomic E-state index is -3.42. The van der Waals surface area contributed by atoms with Gasteiger partial charge in [0.2, 0.25) is 0 Å². The Balaban J connectivity index is 2.05. The van der Waals surface area contributed by atoms with Crippen LogP contribution in [0, 0.1) is 0 Å². The van der Waals surface area contributed by atoms with Gasteiger partial charge in [-0.05, 0) is 50.6 Å². The van der Waals surface area contributed by atoms with Gasteiger partial charge in [-0.3, -0.25) is 0 Å². The van der Waals surface area contributed by atoms with Gasteiger partial charge in [-0.15, -0.1) is 0 Å². The molecular weight excluding hydrogens is 312 g/mol. The molecular formula is C17H22N2O3S. The lowest BCUT2D eigenvalue weighted by Gasteiger charge is -2.18. The van der Waals surface area contributed by atoms with Crippen molar-refractivity contribution in [3.8, 4) is 5.75 Å². The summed E-state index contributed by atoms with van der Waals surface area (Å²) in [5, 5.41) is 3.31. The molecule has 2 aromatic rings. The molecule has 0 aliphatic carbocycles. The van der Waals surface area contributed by atoms with Gasteiger partial charge in [0.05, 0.1) is 23.7 Å². The van der Waals surface area contributed by atoms with Crippen molar-refractivity contribution in [3.05, 3.63) is 48.2 Å². The quantitative estimate of drug-likeness (QED) is 0.909. The summed E-state index contributed by atoms with van der Waals surface area (Å²) in [4.78, 5) is 4.09. The van der Waals surface area contributed by atoms with Crippen LogP contribution >= 0.6 is 0 Å². The number of nitrogens with one attached hydrogen (secondary N) is 1. The fourth-order valence-electron chi connectivity index (χ4n) is 1.91. The van der Waals surface area contributed by atoms with Crippen LogP contribution in [0.1, 0.15) is 26.3 Å². The Morgan fingerprint density at radius 3 is 2.22 bits per heavy atom. The third kappa shape index (κ3) is 4.01. The number of aromatic nitrogens is 1. The van der Waals surface area contributed by atoms with Crippen molar-refractivity contribution in [1.82, 2.24) is 4.98 Å². The second-order valence-corrected chi connectivity index (χ2v) is 8.85. The molecule has 1 heterocycles. The van der Waals surface area contributed by atoms with Crippen molar-refractivity contribution in [2.75, 3.05) is 12.4 Å². The summed E-state index contributed by atoms with van der Waals surface area (Å²) in [6, 6.07) is 11.0. The molecule has 0 saturated carbocycles. The van der Waals surface area contributed by atoms with E-state index in [-0.39, 0.29) is 5.03 Å². The zero-order chi connectivity index (χ0) is 17.1. The highest BCUT2D eigenvalue weighted by atomic mass is 32.2. The first kappa shape index (κ1) is 17.3. The van der Waals surface area contributed by atoms with E-state index in [4.69, 9.17) is 4.74 Å². The lowest BCUT2D eigenvalue weighted by Crippen LogP contribution is -2.28. The summed E-state index contributed by atoms with van der Waals surface area (Å²) in [5.74, 6) is 0.812. The number of benzene rings is 1. The molecule has 6 heteroatoms. The van der Waals surface area contributed by atoms with Crippen LogP contribution in [0.4, 0.5) is 5.69 Å². The fourth-order valence-corrected chi connectivity index (χ4v) is 2.97. The van der Waals surface area contributed by atoms with Gasteiger partial charge in [-0.2, -0.15) is 0 Å². The highest BCUT2D eigenvalue weighted by molar-refractivity contribution is 7.92. The lowest BCUT2D eigenvalue weighted by molar-refractivity contribution is 0.414. The number of nitrogens with zero attached hydrogens (tertiary/aromatic N) is 1. The second kappa shape index (κ2) is 6.58. The van der Waals surface area contributed by atoms with Gasteiger partial charge in [0.25, 0.3) is 0 Å². The summed E-state index contributed by atoms with van der Waals surface area (Å²) in [5.41, 5.74) is 1.87. The van der Waals surface area contributed by atoms with E-state index in [9.17, 15) is 8.42 Å². The number of hydrogen-bond acceptors (Lipinski definition) is 5. The molecule has 0 unspecified atom stereocenters. The Kier molecular flexibility index (Phi) is 4.94. The molecule has 23 heavy (non-hydrogen) atoms. The minimum absolute atomic E-state index is 0.0972. The third-order valence-electron chi connectivity index (χ3n) is 3.47. The van der Waals surface area contributed by atoms with Crippen LogP contribution in [0.15, 0.2) is 47.6 Å². The maximum absolute atomic E-state index is 12.3. The van der Waals surface area contributed by atoms with Crippen molar-refractivity contribution < 1.29 is 13.2 Å². The van der Waals surface area contributed by atoms with Crippen LogP contribution in [0.2, 0.25) is 0 Å². The molecule has 0 atom stereocenters. The first-order valence-corrected chi connectivity index (χ1v) is 8.80. The zero-order valence-corrected chi connectivity index (χ0v) is 14.6. The minimum Gasteiger partial charge on any atom is -0.497 e. The van der Waals surface area contributed by atoms with Gasteiger partial charge in [0, 0.05) is 6.54 Å². The number of sulfone groups is 1. The molecule has 5 nitrogen and oxygen atoms in total. The predicted octanol–water partition coefficient (Wildman–Crippen LogP) is 3.27. The summed E-state index contributed by atoms with van der Waals surface area (Å²) in [6.07, 6.45) is 1.54. The molecule has 0 spiro atoms. The molecule has 0 bridgehead atoms. The fraction of sp³-hybridized carbons (Fsp3) is 0.353. The molecule has 0 aliphatic heterocycles. The largest absolute Gasteiger partial charge is 0.497 e. The van der Waals surface area contributed by atoms with E-state index >= 15 is 0 Å². The average molecular weight is 334 g/mol. The van der Waals surface area contributed by atoms with E-state index < -0.39 is 14.6 Å². The number of rotatable bonds is 5. The second-order valence-electron chi connectivity index (χ2n) is 6.20. The molecule has 0 radical (unpaired) electrons. The van der Waals surface area contributed by atoms with E-state index in [2.05, 4.69) is 10.3 Å². The standard InChI is InChI=1S/C17H22N2O3S/c1-17(2,3)23(20,21)16-10-7-14(12-19-16)18-11-13-5-8-15(22-4)9-6-13/h5-10,12,18H,11H2,1-4H3. The Bertz CT molecular complexity index is 746. The first-order valence-electron chi connectivity index (χ1n) is 7.31. The molecule has 2 rings (SSSR count). The van der Waals surface area contributed by atoms with Crippen LogP contribution in [0.25, 0.3) is 0 Å². The Morgan fingerprint density at radius 1 is 1.09 bits per heavy atom. The third-order valence-corrected chi connectivity index (χ3v) is 5.88. The summed E-state index contributed by atoms with van der Waals surface area (Å²) in [7, 11) is -1.79. The maximum Gasteiger partial charge on any atom is 0.200 e. The first-order chi connectivity index (χ1) is 10.7. The van der Waals surface area contributed by atoms with E-state index in [0.29, 0.717) is 6.54 Å². The molecule has 0 aliphatic rings. The molecule has 1 aromatic carbocycles. The van der Waals surface area contributed by atoms with E-state index in [1.165, 1.54) is 6.07 Å². The van der Waals surface area contributed by atoms with E-state index in [1.54, 1.807) is 40.1 Å². The zero-order valence-electron chi connectivity index (χ0n) is 13.8. The highest BCUT2D eigenvalue weighted by Crippen LogP contribution is 2.24. The monoisotopic (exact) mass is 334 g/mol.